The summed E-state index contributed by atoms with van der Waals surface area (Å²) in [6, 6.07) is 0. The number of fused-ring (bicyclic) bond motifs is 1. The maximum atomic E-state index is 8.11. The maximum Gasteiger partial charge on any atom is 0.196 e. The molecule has 0 saturated heterocycles. The molecule has 2 aromatic rings. The predicted octanol–water partition coefficient (Wildman–Crippen LogP) is 1.29. The molecule has 2 heterocycles. The van der Waals surface area contributed by atoms with E-state index in [1.165, 1.54) is 6.33 Å². The SMILES string of the molecule is [N-]=[N+]=Nc1nc2ncncc2[nH]1. The van der Waals surface area contributed by atoms with Crippen molar-refractivity contribution in [3.05, 3.63) is 23.0 Å². The number of aromatic amines is 1. The van der Waals surface area contributed by atoms with Crippen LogP contribution in [0.2, 0.25) is 0 Å². The highest BCUT2D eigenvalue weighted by molar-refractivity contribution is 5.70. The van der Waals surface area contributed by atoms with Crippen molar-refractivity contribution in [1.82, 2.24) is 19.9 Å². The van der Waals surface area contributed by atoms with Gasteiger partial charge in [-0.15, -0.1) is 0 Å². The van der Waals surface area contributed by atoms with Gasteiger partial charge in [-0.25, -0.2) is 15.0 Å². The molecule has 0 aliphatic rings. The fourth-order valence-electron chi connectivity index (χ4n) is 0.839. The fourth-order valence-corrected chi connectivity index (χ4v) is 0.839. The Balaban J connectivity index is 2.69. The molecule has 2 aromatic heterocycles. The first-order chi connectivity index (χ1) is 5.90. The van der Waals surface area contributed by atoms with Crippen molar-refractivity contribution < 1.29 is 0 Å². The topological polar surface area (TPSA) is 103 Å². The largest absolute Gasteiger partial charge is 0.334 e. The fraction of sp³-hybridized carbons (Fsp3) is 0. The third-order valence-corrected chi connectivity index (χ3v) is 1.29. The Kier molecular flexibility index (Phi) is 1.36. The lowest BCUT2D eigenvalue weighted by Gasteiger charge is -1.80. The van der Waals surface area contributed by atoms with Gasteiger partial charge >= 0.3 is 0 Å². The first-order valence-electron chi connectivity index (χ1n) is 3.11. The van der Waals surface area contributed by atoms with Crippen LogP contribution < -0.4 is 0 Å². The zero-order valence-electron chi connectivity index (χ0n) is 5.84. The standard InChI is InChI=1S/C5H3N7/c6-12-11-5-9-3-1-7-2-8-4(3)10-5/h1-2H,(H,7,8,9,10). The van der Waals surface area contributed by atoms with E-state index in [0.717, 1.165) is 0 Å². The number of imidazole rings is 1. The summed E-state index contributed by atoms with van der Waals surface area (Å²) < 4.78 is 0. The zero-order chi connectivity index (χ0) is 8.39. The van der Waals surface area contributed by atoms with Crippen LogP contribution in [0, 0.1) is 0 Å². The molecule has 1 N–H and O–H groups in total. The Bertz CT molecular complexity index is 419. The summed E-state index contributed by atoms with van der Waals surface area (Å²) in [6.07, 6.45) is 2.94. The minimum Gasteiger partial charge on any atom is -0.334 e. The summed E-state index contributed by atoms with van der Waals surface area (Å²) in [5.74, 6) is 0.202. The number of aromatic nitrogens is 4. The van der Waals surface area contributed by atoms with Gasteiger partial charge in [-0.2, -0.15) is 0 Å². The van der Waals surface area contributed by atoms with Gasteiger partial charge in [0.05, 0.1) is 6.20 Å². The van der Waals surface area contributed by atoms with Crippen molar-refractivity contribution in [2.24, 2.45) is 5.11 Å². The van der Waals surface area contributed by atoms with Crippen molar-refractivity contribution in [1.29, 1.82) is 0 Å². The van der Waals surface area contributed by atoms with Crippen LogP contribution in [0.1, 0.15) is 0 Å². The minimum atomic E-state index is 0.202. The van der Waals surface area contributed by atoms with E-state index < -0.39 is 0 Å². The second kappa shape index (κ2) is 2.48. The lowest BCUT2D eigenvalue weighted by Crippen LogP contribution is -1.76. The quantitative estimate of drug-likeness (QED) is 0.387. The van der Waals surface area contributed by atoms with Gasteiger partial charge in [0.2, 0.25) is 0 Å². The number of H-pyrrole nitrogens is 1. The third-order valence-electron chi connectivity index (χ3n) is 1.29. The molecule has 58 valence electrons. The van der Waals surface area contributed by atoms with E-state index in [0.29, 0.717) is 11.2 Å². The summed E-state index contributed by atoms with van der Waals surface area (Å²) in [7, 11) is 0. The smallest absolute Gasteiger partial charge is 0.196 e. The lowest BCUT2D eigenvalue weighted by atomic mass is 10.6. The Morgan fingerprint density at radius 2 is 2.50 bits per heavy atom. The lowest BCUT2D eigenvalue weighted by molar-refractivity contribution is 1.20. The van der Waals surface area contributed by atoms with Crippen molar-refractivity contribution >= 4 is 17.1 Å². The van der Waals surface area contributed by atoms with E-state index in [-0.39, 0.29) is 5.95 Å². The van der Waals surface area contributed by atoms with E-state index in [2.05, 4.69) is 30.0 Å². The summed E-state index contributed by atoms with van der Waals surface area (Å²) >= 11 is 0. The summed E-state index contributed by atoms with van der Waals surface area (Å²) in [5.41, 5.74) is 9.25. The second-order valence-electron chi connectivity index (χ2n) is 2.01. The van der Waals surface area contributed by atoms with E-state index >= 15 is 0 Å². The highest BCUT2D eigenvalue weighted by atomic mass is 15.2. The van der Waals surface area contributed by atoms with Crippen molar-refractivity contribution in [2.75, 3.05) is 0 Å². The Hall–Kier alpha value is -2.14. The molecule has 0 saturated carbocycles. The Morgan fingerprint density at radius 1 is 1.58 bits per heavy atom. The molecule has 12 heavy (non-hydrogen) atoms. The molecule has 0 bridgehead atoms. The first kappa shape index (κ1) is 6.56. The van der Waals surface area contributed by atoms with Crippen molar-refractivity contribution in [3.8, 4) is 0 Å². The molecule has 0 unspecified atom stereocenters. The van der Waals surface area contributed by atoms with Crippen LogP contribution in [-0.2, 0) is 0 Å². The summed E-state index contributed by atoms with van der Waals surface area (Å²) in [5, 5.41) is 3.29. The number of azide groups is 1. The Labute approximate surface area is 66.1 Å². The number of hydrogen-bond donors (Lipinski definition) is 1. The molecule has 7 heteroatoms. The van der Waals surface area contributed by atoms with Crippen LogP contribution >= 0.6 is 0 Å². The van der Waals surface area contributed by atoms with Crippen molar-refractivity contribution in [2.45, 2.75) is 0 Å². The van der Waals surface area contributed by atoms with Gasteiger partial charge in [-0.1, -0.05) is 0 Å². The van der Waals surface area contributed by atoms with E-state index in [1.54, 1.807) is 6.20 Å². The highest BCUT2D eigenvalue weighted by Gasteiger charge is 1.99. The monoisotopic (exact) mass is 161 g/mol. The molecule has 0 spiro atoms. The molecular formula is C5H3N7. The van der Waals surface area contributed by atoms with Crippen LogP contribution in [0.3, 0.4) is 0 Å². The maximum absolute atomic E-state index is 8.11. The van der Waals surface area contributed by atoms with Gasteiger partial charge in [0.15, 0.2) is 11.6 Å². The molecule has 0 radical (unpaired) electrons. The average Bonchev–Trinajstić information content (AvgIpc) is 2.47. The predicted molar refractivity (Wildman–Crippen MR) is 40.5 cm³/mol. The van der Waals surface area contributed by atoms with E-state index in [9.17, 15) is 0 Å². The molecule has 2 rings (SSSR count). The van der Waals surface area contributed by atoms with Crippen molar-refractivity contribution in [3.63, 3.8) is 0 Å². The van der Waals surface area contributed by atoms with Crippen LogP contribution in [-0.4, -0.2) is 19.9 Å². The highest BCUT2D eigenvalue weighted by Crippen LogP contribution is 2.11. The number of hydrogen-bond acceptors (Lipinski definition) is 4. The van der Waals surface area contributed by atoms with Gasteiger partial charge in [0.1, 0.15) is 11.8 Å². The molecular weight excluding hydrogens is 158 g/mol. The van der Waals surface area contributed by atoms with Gasteiger partial charge in [-0.05, 0) is 10.6 Å². The number of rotatable bonds is 1. The molecule has 7 nitrogen and oxygen atoms in total. The van der Waals surface area contributed by atoms with Gasteiger partial charge in [-0.3, -0.25) is 0 Å². The average molecular weight is 161 g/mol. The normalized spacial score (nSPS) is 9.67. The molecule has 0 atom stereocenters. The van der Waals surface area contributed by atoms with Crippen LogP contribution in [0.15, 0.2) is 17.6 Å². The van der Waals surface area contributed by atoms with Crippen LogP contribution in [0.5, 0.6) is 0 Å². The summed E-state index contributed by atoms with van der Waals surface area (Å²) in [6.45, 7) is 0. The molecule has 0 aliphatic carbocycles. The summed E-state index contributed by atoms with van der Waals surface area (Å²) in [4.78, 5) is 16.8. The number of nitrogens with one attached hydrogen (secondary N) is 1. The van der Waals surface area contributed by atoms with Crippen LogP contribution in [0.25, 0.3) is 21.6 Å². The molecule has 0 aromatic carbocycles. The number of nitrogens with zero attached hydrogens (tertiary/aromatic N) is 6. The van der Waals surface area contributed by atoms with Gasteiger partial charge in [0.25, 0.3) is 0 Å². The van der Waals surface area contributed by atoms with E-state index in [1.807, 2.05) is 0 Å². The minimum absolute atomic E-state index is 0.202. The Morgan fingerprint density at radius 3 is 3.25 bits per heavy atom. The molecule has 0 fully saturated rings. The zero-order valence-corrected chi connectivity index (χ0v) is 5.84. The van der Waals surface area contributed by atoms with Gasteiger partial charge in [0, 0.05) is 4.91 Å². The van der Waals surface area contributed by atoms with E-state index in [4.69, 9.17) is 5.53 Å². The van der Waals surface area contributed by atoms with Crippen LogP contribution in [0.4, 0.5) is 5.95 Å². The molecule has 0 amide bonds. The second-order valence-corrected chi connectivity index (χ2v) is 2.01. The van der Waals surface area contributed by atoms with Gasteiger partial charge < -0.3 is 4.98 Å². The first-order valence-corrected chi connectivity index (χ1v) is 3.11. The third kappa shape index (κ3) is 0.938. The molecule has 0 aliphatic heterocycles.